The largest absolute Gasteiger partial charge is 0.450 e. The summed E-state index contributed by atoms with van der Waals surface area (Å²) in [5.74, 6) is -0.153. The lowest BCUT2D eigenvalue weighted by Gasteiger charge is -2.43. The van der Waals surface area contributed by atoms with Gasteiger partial charge in [0.15, 0.2) is 0 Å². The molecule has 0 bridgehead atoms. The van der Waals surface area contributed by atoms with E-state index < -0.39 is 10.9 Å². The number of hydrogen-bond donors (Lipinski definition) is 2. The van der Waals surface area contributed by atoms with Crippen molar-refractivity contribution in [3.05, 3.63) is 29.8 Å². The SMILES string of the molecule is CCOC(=O)N1[C@H](C)CN(C(=O)c2ccc(N[SH](=O)=O)cc2)C[C@@H]1C. The van der Waals surface area contributed by atoms with Crippen LogP contribution >= 0.6 is 0 Å². The molecular weight excluding hydrogens is 346 g/mol. The van der Waals surface area contributed by atoms with Crippen molar-refractivity contribution < 1.29 is 22.7 Å². The summed E-state index contributed by atoms with van der Waals surface area (Å²) in [5.41, 5.74) is 0.872. The lowest BCUT2D eigenvalue weighted by molar-refractivity contribution is 0.0228. The van der Waals surface area contributed by atoms with Gasteiger partial charge in [-0.1, -0.05) is 0 Å². The molecule has 2 rings (SSSR count). The predicted molar refractivity (Wildman–Crippen MR) is 94.1 cm³/mol. The fourth-order valence-corrected chi connectivity index (χ4v) is 3.38. The number of carbonyl (C=O) groups excluding carboxylic acids is 2. The van der Waals surface area contributed by atoms with Gasteiger partial charge in [-0.15, -0.1) is 0 Å². The second kappa shape index (κ2) is 8.19. The molecule has 1 heterocycles. The second-order valence-electron chi connectivity index (χ2n) is 5.96. The van der Waals surface area contributed by atoms with Gasteiger partial charge in [-0.3, -0.25) is 14.4 Å². The van der Waals surface area contributed by atoms with Gasteiger partial charge >= 0.3 is 6.09 Å². The summed E-state index contributed by atoms with van der Waals surface area (Å²) < 4.78 is 28.6. The number of nitrogens with one attached hydrogen (secondary N) is 1. The fraction of sp³-hybridized carbons (Fsp3) is 0.500. The Bertz CT molecular complexity index is 684. The van der Waals surface area contributed by atoms with Gasteiger partial charge in [-0.05, 0) is 45.0 Å². The Balaban J connectivity index is 2.07. The molecule has 0 radical (unpaired) electrons. The Morgan fingerprint density at radius 3 is 2.20 bits per heavy atom. The third-order valence-corrected chi connectivity index (χ3v) is 4.48. The molecule has 0 aliphatic carbocycles. The monoisotopic (exact) mass is 369 g/mol. The lowest BCUT2D eigenvalue weighted by Crippen LogP contribution is -2.59. The van der Waals surface area contributed by atoms with E-state index in [1.807, 2.05) is 13.8 Å². The zero-order chi connectivity index (χ0) is 18.6. The highest BCUT2D eigenvalue weighted by Crippen LogP contribution is 2.20. The van der Waals surface area contributed by atoms with E-state index in [1.54, 1.807) is 41.0 Å². The van der Waals surface area contributed by atoms with E-state index in [4.69, 9.17) is 4.74 Å². The Labute approximate surface area is 148 Å². The number of anilines is 1. The van der Waals surface area contributed by atoms with Crippen LogP contribution in [0.2, 0.25) is 0 Å². The standard InChI is InChI=1S/C16H23N3O5S/c1-4-24-16(21)19-11(2)9-18(10-12(19)3)15(20)13-5-7-14(8-6-13)17-25(22)23/h5-8,11-12,25H,4,9-10H2,1-3H3,(H,17,22,23)/t11-,12+. The van der Waals surface area contributed by atoms with Gasteiger partial charge in [0.1, 0.15) is 0 Å². The number of carbonyl (C=O) groups is 2. The summed E-state index contributed by atoms with van der Waals surface area (Å²) in [6.45, 7) is 6.65. The van der Waals surface area contributed by atoms with E-state index in [0.29, 0.717) is 30.9 Å². The van der Waals surface area contributed by atoms with Crippen LogP contribution in [0.3, 0.4) is 0 Å². The summed E-state index contributed by atoms with van der Waals surface area (Å²) in [6.07, 6.45) is -0.364. The fourth-order valence-electron chi connectivity index (χ4n) is 3.02. The molecule has 0 spiro atoms. The maximum atomic E-state index is 12.7. The minimum atomic E-state index is -2.74. The predicted octanol–water partition coefficient (Wildman–Crippen LogP) is 1.32. The second-order valence-corrected chi connectivity index (χ2v) is 6.70. The van der Waals surface area contributed by atoms with E-state index in [9.17, 15) is 18.0 Å². The Morgan fingerprint density at radius 1 is 1.16 bits per heavy atom. The van der Waals surface area contributed by atoms with Gasteiger partial charge < -0.3 is 9.64 Å². The van der Waals surface area contributed by atoms with E-state index in [-0.39, 0.29) is 24.1 Å². The molecule has 1 aliphatic rings. The first-order valence-electron chi connectivity index (χ1n) is 8.09. The maximum absolute atomic E-state index is 12.7. The van der Waals surface area contributed by atoms with Gasteiger partial charge in [0, 0.05) is 24.3 Å². The van der Waals surface area contributed by atoms with Crippen LogP contribution < -0.4 is 4.72 Å². The van der Waals surface area contributed by atoms with E-state index >= 15 is 0 Å². The van der Waals surface area contributed by atoms with Crippen LogP contribution in [-0.2, 0) is 15.6 Å². The van der Waals surface area contributed by atoms with Crippen molar-refractivity contribution in [2.24, 2.45) is 0 Å². The molecule has 25 heavy (non-hydrogen) atoms. The van der Waals surface area contributed by atoms with E-state index in [0.717, 1.165) is 0 Å². The topological polar surface area (TPSA) is 96.0 Å². The molecule has 0 aromatic heterocycles. The average Bonchev–Trinajstić information content (AvgIpc) is 2.54. The number of hydrogen-bond acceptors (Lipinski definition) is 5. The number of ether oxygens (including phenoxy) is 1. The Kier molecular flexibility index (Phi) is 6.24. The number of piperazine rings is 1. The molecule has 0 saturated carbocycles. The van der Waals surface area contributed by atoms with Crippen molar-refractivity contribution >= 4 is 28.6 Å². The molecule has 1 aliphatic heterocycles. The molecule has 2 atom stereocenters. The van der Waals surface area contributed by atoms with Gasteiger partial charge in [0.05, 0.1) is 18.7 Å². The summed E-state index contributed by atoms with van der Waals surface area (Å²) in [7, 11) is -2.74. The minimum absolute atomic E-state index is 0.153. The third-order valence-electron chi connectivity index (χ3n) is 4.04. The van der Waals surface area contributed by atoms with Crippen LogP contribution in [0.5, 0.6) is 0 Å². The summed E-state index contributed by atoms with van der Waals surface area (Å²) >= 11 is 0. The minimum Gasteiger partial charge on any atom is -0.450 e. The molecule has 1 aromatic rings. The molecule has 1 saturated heterocycles. The highest BCUT2D eigenvalue weighted by atomic mass is 32.2. The quantitative estimate of drug-likeness (QED) is 0.781. The van der Waals surface area contributed by atoms with Gasteiger partial charge in [-0.25, -0.2) is 13.2 Å². The Hall–Kier alpha value is -2.29. The first-order chi connectivity index (χ1) is 11.8. The van der Waals surface area contributed by atoms with Crippen molar-refractivity contribution in [3.8, 4) is 0 Å². The van der Waals surface area contributed by atoms with E-state index in [1.165, 1.54) is 0 Å². The summed E-state index contributed by atoms with van der Waals surface area (Å²) in [6, 6.07) is 5.93. The van der Waals surface area contributed by atoms with Crippen LogP contribution in [0.25, 0.3) is 0 Å². The molecule has 1 fully saturated rings. The molecule has 1 aromatic carbocycles. The van der Waals surface area contributed by atoms with Crippen LogP contribution in [0.4, 0.5) is 10.5 Å². The molecule has 8 nitrogen and oxygen atoms in total. The third kappa shape index (κ3) is 4.62. The molecule has 1 N–H and O–H groups in total. The molecule has 9 heteroatoms. The number of rotatable bonds is 4. The van der Waals surface area contributed by atoms with E-state index in [2.05, 4.69) is 4.72 Å². The van der Waals surface area contributed by atoms with Gasteiger partial charge in [0.2, 0.25) is 10.9 Å². The van der Waals surface area contributed by atoms with Crippen molar-refractivity contribution in [3.63, 3.8) is 0 Å². The van der Waals surface area contributed by atoms with Crippen molar-refractivity contribution in [2.75, 3.05) is 24.4 Å². The van der Waals surface area contributed by atoms with Crippen LogP contribution in [-0.4, -0.2) is 62.0 Å². The average molecular weight is 369 g/mol. The number of amides is 2. The zero-order valence-electron chi connectivity index (χ0n) is 14.5. The van der Waals surface area contributed by atoms with Gasteiger partial charge in [-0.2, -0.15) is 0 Å². The number of benzene rings is 1. The summed E-state index contributed by atoms with van der Waals surface area (Å²) in [4.78, 5) is 28.1. The normalized spacial score (nSPS) is 20.5. The highest BCUT2D eigenvalue weighted by Gasteiger charge is 2.35. The molecular formula is C16H23N3O5S. The lowest BCUT2D eigenvalue weighted by atomic mass is 10.1. The number of thiol groups is 1. The van der Waals surface area contributed by atoms with Crippen LogP contribution in [0.15, 0.2) is 24.3 Å². The first kappa shape index (κ1) is 19.0. The van der Waals surface area contributed by atoms with Gasteiger partial charge in [0.25, 0.3) is 5.91 Å². The van der Waals surface area contributed by atoms with Crippen molar-refractivity contribution in [1.82, 2.24) is 9.80 Å². The maximum Gasteiger partial charge on any atom is 0.410 e. The Morgan fingerprint density at radius 2 is 1.72 bits per heavy atom. The molecule has 0 unspecified atom stereocenters. The van der Waals surface area contributed by atoms with Crippen molar-refractivity contribution in [1.29, 1.82) is 0 Å². The molecule has 138 valence electrons. The van der Waals surface area contributed by atoms with Crippen LogP contribution in [0, 0.1) is 0 Å². The smallest absolute Gasteiger partial charge is 0.410 e. The highest BCUT2D eigenvalue weighted by molar-refractivity contribution is 7.73. The summed E-state index contributed by atoms with van der Waals surface area (Å²) in [5, 5.41) is 0. The molecule has 2 amide bonds. The first-order valence-corrected chi connectivity index (χ1v) is 9.26. The van der Waals surface area contributed by atoms with Crippen LogP contribution in [0.1, 0.15) is 31.1 Å². The van der Waals surface area contributed by atoms with Crippen molar-refractivity contribution in [2.45, 2.75) is 32.9 Å². The zero-order valence-corrected chi connectivity index (χ0v) is 15.4. The number of nitrogens with zero attached hydrogens (tertiary/aromatic N) is 2.